The molecular formula is C14H17N3. The van der Waals surface area contributed by atoms with Gasteiger partial charge in [0.2, 0.25) is 0 Å². The van der Waals surface area contributed by atoms with Crippen molar-refractivity contribution in [2.45, 2.75) is 32.0 Å². The summed E-state index contributed by atoms with van der Waals surface area (Å²) in [5, 5.41) is 3.55. The number of nitrogens with one attached hydrogen (secondary N) is 1. The van der Waals surface area contributed by atoms with E-state index in [1.807, 2.05) is 12.4 Å². The van der Waals surface area contributed by atoms with Gasteiger partial charge in [0.15, 0.2) is 0 Å². The van der Waals surface area contributed by atoms with Crippen LogP contribution in [0.4, 0.5) is 0 Å². The average molecular weight is 227 g/mol. The second-order valence-corrected chi connectivity index (χ2v) is 4.64. The highest BCUT2D eigenvalue weighted by atomic mass is 15.0. The summed E-state index contributed by atoms with van der Waals surface area (Å²) in [7, 11) is 0. The first-order valence-corrected chi connectivity index (χ1v) is 6.18. The van der Waals surface area contributed by atoms with Crippen molar-refractivity contribution >= 4 is 0 Å². The van der Waals surface area contributed by atoms with Gasteiger partial charge >= 0.3 is 0 Å². The van der Waals surface area contributed by atoms with Gasteiger partial charge < -0.3 is 9.88 Å². The lowest BCUT2D eigenvalue weighted by Crippen LogP contribution is -2.18. The van der Waals surface area contributed by atoms with Crippen LogP contribution in [-0.4, -0.2) is 15.6 Å². The summed E-state index contributed by atoms with van der Waals surface area (Å²) in [5.41, 5.74) is 2.65. The average Bonchev–Trinajstić information content (AvgIpc) is 3.09. The van der Waals surface area contributed by atoms with Crippen LogP contribution in [0.1, 0.15) is 24.1 Å². The normalized spacial score (nSPS) is 15.1. The van der Waals surface area contributed by atoms with Crippen molar-refractivity contribution in [1.29, 1.82) is 0 Å². The van der Waals surface area contributed by atoms with Crippen molar-refractivity contribution in [2.75, 3.05) is 0 Å². The molecule has 17 heavy (non-hydrogen) atoms. The van der Waals surface area contributed by atoms with E-state index in [-0.39, 0.29) is 0 Å². The van der Waals surface area contributed by atoms with Crippen LogP contribution in [0.15, 0.2) is 42.9 Å². The Labute approximate surface area is 101 Å². The van der Waals surface area contributed by atoms with Crippen LogP contribution in [0, 0.1) is 0 Å². The quantitative estimate of drug-likeness (QED) is 0.848. The summed E-state index contributed by atoms with van der Waals surface area (Å²) >= 11 is 0. The van der Waals surface area contributed by atoms with E-state index in [9.17, 15) is 0 Å². The van der Waals surface area contributed by atoms with Crippen molar-refractivity contribution in [3.63, 3.8) is 0 Å². The van der Waals surface area contributed by atoms with Gasteiger partial charge in [0.05, 0.1) is 0 Å². The smallest absolute Gasteiger partial charge is 0.0474 e. The van der Waals surface area contributed by atoms with Gasteiger partial charge in [-0.25, -0.2) is 0 Å². The molecule has 2 aromatic rings. The fraction of sp³-hybridized carbons (Fsp3) is 0.357. The van der Waals surface area contributed by atoms with E-state index in [1.54, 1.807) is 0 Å². The number of aromatic nitrogens is 2. The zero-order chi connectivity index (χ0) is 11.5. The summed E-state index contributed by atoms with van der Waals surface area (Å²) in [6.45, 7) is 1.90. The largest absolute Gasteiger partial charge is 0.346 e. The topological polar surface area (TPSA) is 29.9 Å². The van der Waals surface area contributed by atoms with E-state index in [2.05, 4.69) is 45.3 Å². The molecule has 2 aromatic heterocycles. The third-order valence-electron chi connectivity index (χ3n) is 3.18. The molecule has 0 amide bonds. The SMILES string of the molecule is c1cc(CNC2CC2)n(Cc2ccncc2)c1. The maximum Gasteiger partial charge on any atom is 0.0474 e. The van der Waals surface area contributed by atoms with Crippen molar-refractivity contribution in [3.8, 4) is 0 Å². The molecule has 1 fully saturated rings. The van der Waals surface area contributed by atoms with Gasteiger partial charge in [-0.3, -0.25) is 4.98 Å². The minimum Gasteiger partial charge on any atom is -0.346 e. The lowest BCUT2D eigenvalue weighted by Gasteiger charge is -2.09. The molecule has 0 atom stereocenters. The third-order valence-corrected chi connectivity index (χ3v) is 3.18. The predicted molar refractivity (Wildman–Crippen MR) is 67.6 cm³/mol. The van der Waals surface area contributed by atoms with Crippen molar-refractivity contribution in [2.24, 2.45) is 0 Å². The Kier molecular flexibility index (Phi) is 2.92. The van der Waals surface area contributed by atoms with Gasteiger partial charge in [0, 0.05) is 43.4 Å². The zero-order valence-electron chi connectivity index (χ0n) is 9.84. The van der Waals surface area contributed by atoms with E-state index >= 15 is 0 Å². The molecule has 1 N–H and O–H groups in total. The molecule has 3 rings (SSSR count). The molecule has 0 bridgehead atoms. The van der Waals surface area contributed by atoms with Crippen LogP contribution < -0.4 is 5.32 Å². The number of hydrogen-bond donors (Lipinski definition) is 1. The molecule has 3 nitrogen and oxygen atoms in total. The van der Waals surface area contributed by atoms with Crippen molar-refractivity contribution in [3.05, 3.63) is 54.1 Å². The highest BCUT2D eigenvalue weighted by molar-refractivity contribution is 5.15. The first-order valence-electron chi connectivity index (χ1n) is 6.18. The zero-order valence-corrected chi connectivity index (χ0v) is 9.84. The summed E-state index contributed by atoms with van der Waals surface area (Å²) in [6, 6.07) is 9.21. The van der Waals surface area contributed by atoms with Gasteiger partial charge in [-0.2, -0.15) is 0 Å². The van der Waals surface area contributed by atoms with Gasteiger partial charge in [-0.1, -0.05) is 0 Å². The van der Waals surface area contributed by atoms with Crippen LogP contribution in [-0.2, 0) is 13.1 Å². The first kappa shape index (κ1) is 10.5. The molecule has 3 heteroatoms. The van der Waals surface area contributed by atoms with Gasteiger partial charge in [0.25, 0.3) is 0 Å². The summed E-state index contributed by atoms with van der Waals surface area (Å²) in [6.07, 6.45) is 8.52. The van der Waals surface area contributed by atoms with Crippen LogP contribution >= 0.6 is 0 Å². The van der Waals surface area contributed by atoms with E-state index in [4.69, 9.17) is 0 Å². The monoisotopic (exact) mass is 227 g/mol. The third kappa shape index (κ3) is 2.74. The Balaban J connectivity index is 1.67. The second kappa shape index (κ2) is 4.72. The van der Waals surface area contributed by atoms with Crippen LogP contribution in [0.5, 0.6) is 0 Å². The Morgan fingerprint density at radius 1 is 1.24 bits per heavy atom. The van der Waals surface area contributed by atoms with E-state index in [0.717, 1.165) is 19.1 Å². The predicted octanol–water partition coefficient (Wildman–Crippen LogP) is 2.18. The fourth-order valence-corrected chi connectivity index (χ4v) is 1.99. The lowest BCUT2D eigenvalue weighted by atomic mass is 10.2. The van der Waals surface area contributed by atoms with Crippen LogP contribution in [0.2, 0.25) is 0 Å². The van der Waals surface area contributed by atoms with Crippen LogP contribution in [0.25, 0.3) is 0 Å². The lowest BCUT2D eigenvalue weighted by molar-refractivity contribution is 0.634. The minimum atomic E-state index is 0.763. The molecule has 0 spiro atoms. The molecule has 0 unspecified atom stereocenters. The summed E-state index contributed by atoms with van der Waals surface area (Å²) in [4.78, 5) is 4.04. The highest BCUT2D eigenvalue weighted by Gasteiger charge is 2.20. The number of pyridine rings is 1. The molecule has 0 saturated heterocycles. The number of hydrogen-bond acceptors (Lipinski definition) is 2. The maximum atomic E-state index is 4.04. The first-order chi connectivity index (χ1) is 8.42. The Morgan fingerprint density at radius 3 is 2.82 bits per heavy atom. The number of nitrogens with zero attached hydrogens (tertiary/aromatic N) is 2. The van der Waals surface area contributed by atoms with E-state index < -0.39 is 0 Å². The highest BCUT2D eigenvalue weighted by Crippen LogP contribution is 2.19. The van der Waals surface area contributed by atoms with Crippen LogP contribution in [0.3, 0.4) is 0 Å². The van der Waals surface area contributed by atoms with E-state index in [0.29, 0.717) is 0 Å². The summed E-state index contributed by atoms with van der Waals surface area (Å²) < 4.78 is 2.30. The van der Waals surface area contributed by atoms with Crippen molar-refractivity contribution < 1.29 is 0 Å². The Hall–Kier alpha value is -1.61. The second-order valence-electron chi connectivity index (χ2n) is 4.64. The molecule has 1 saturated carbocycles. The molecule has 88 valence electrons. The molecule has 1 aliphatic carbocycles. The summed E-state index contributed by atoms with van der Waals surface area (Å²) in [5.74, 6) is 0. The Morgan fingerprint density at radius 2 is 2.06 bits per heavy atom. The van der Waals surface area contributed by atoms with Gasteiger partial charge in [0.1, 0.15) is 0 Å². The minimum absolute atomic E-state index is 0.763. The molecular weight excluding hydrogens is 210 g/mol. The molecule has 0 aromatic carbocycles. The molecule has 1 aliphatic rings. The van der Waals surface area contributed by atoms with E-state index in [1.165, 1.54) is 24.1 Å². The maximum absolute atomic E-state index is 4.04. The number of rotatable bonds is 5. The molecule has 0 radical (unpaired) electrons. The van der Waals surface area contributed by atoms with Gasteiger partial charge in [-0.05, 0) is 42.7 Å². The Bertz CT molecular complexity index is 471. The fourth-order valence-electron chi connectivity index (χ4n) is 1.99. The standard InChI is InChI=1S/C14H17N3/c1-2-14(10-16-13-3-4-13)17(9-1)11-12-5-7-15-8-6-12/h1-2,5-9,13,16H,3-4,10-11H2. The molecule has 2 heterocycles. The van der Waals surface area contributed by atoms with Crippen molar-refractivity contribution in [1.82, 2.24) is 14.9 Å². The van der Waals surface area contributed by atoms with Gasteiger partial charge in [-0.15, -0.1) is 0 Å². The molecule has 0 aliphatic heterocycles.